The van der Waals surface area contributed by atoms with Crippen LogP contribution in [0.4, 0.5) is 0 Å². The van der Waals surface area contributed by atoms with E-state index in [9.17, 15) is 4.79 Å². The zero-order valence-electron chi connectivity index (χ0n) is 19.9. The monoisotopic (exact) mass is 486 g/mol. The van der Waals surface area contributed by atoms with Crippen LogP contribution in [0.2, 0.25) is 0 Å². The quantitative estimate of drug-likeness (QED) is 0.268. The number of carbonyl (C=O) groups is 1. The number of thiazole rings is 1. The lowest BCUT2D eigenvalue weighted by molar-refractivity contribution is -0.151. The summed E-state index contributed by atoms with van der Waals surface area (Å²) < 4.78 is 12.5. The lowest BCUT2D eigenvalue weighted by Crippen LogP contribution is -2.48. The molecule has 0 radical (unpaired) electrons. The van der Waals surface area contributed by atoms with Gasteiger partial charge in [-0.05, 0) is 74.0 Å². The van der Waals surface area contributed by atoms with Crippen LogP contribution in [0, 0.1) is 0 Å². The van der Waals surface area contributed by atoms with Gasteiger partial charge in [0, 0.05) is 6.54 Å². The molecule has 2 unspecified atom stereocenters. The second kappa shape index (κ2) is 11.0. The number of hydrogen-bond donors (Lipinski definition) is 0. The van der Waals surface area contributed by atoms with Crippen LogP contribution >= 0.6 is 11.3 Å². The highest BCUT2D eigenvalue weighted by molar-refractivity contribution is 7.20. The van der Waals surface area contributed by atoms with Crippen LogP contribution in [0.5, 0.6) is 10.9 Å². The van der Waals surface area contributed by atoms with Gasteiger partial charge in [-0.25, -0.2) is 4.98 Å². The Bertz CT molecular complexity index is 1220. The van der Waals surface area contributed by atoms with E-state index in [0.29, 0.717) is 17.7 Å². The molecular weight excluding hydrogens is 456 g/mol. The largest absolute Gasteiger partial charge is 0.465 e. The van der Waals surface area contributed by atoms with Gasteiger partial charge in [0.15, 0.2) is 0 Å². The van der Waals surface area contributed by atoms with Crippen LogP contribution in [-0.2, 0) is 16.0 Å². The van der Waals surface area contributed by atoms with Gasteiger partial charge in [0.25, 0.3) is 5.19 Å². The number of likely N-dealkylation sites (tertiary alicyclic amines) is 1. The number of carbonyl (C=O) groups excluding carboxylic acids is 1. The van der Waals surface area contributed by atoms with Crippen molar-refractivity contribution in [2.24, 2.45) is 0 Å². The van der Waals surface area contributed by atoms with Gasteiger partial charge in [-0.3, -0.25) is 9.69 Å². The molecule has 5 nitrogen and oxygen atoms in total. The van der Waals surface area contributed by atoms with E-state index in [2.05, 4.69) is 52.3 Å². The van der Waals surface area contributed by atoms with Crippen LogP contribution in [0.15, 0.2) is 78.9 Å². The molecule has 3 aromatic carbocycles. The number of piperidine rings is 1. The van der Waals surface area contributed by atoms with Crippen molar-refractivity contribution in [3.8, 4) is 10.9 Å². The maximum atomic E-state index is 12.8. The molecule has 0 saturated carbocycles. The minimum atomic E-state index is -0.199. The Morgan fingerprint density at radius 1 is 1.03 bits per heavy atom. The predicted octanol–water partition coefficient (Wildman–Crippen LogP) is 6.44. The molecule has 2 atom stereocenters. The highest BCUT2D eigenvalue weighted by Gasteiger charge is 2.34. The number of hydrogen-bond acceptors (Lipinski definition) is 6. The molecule has 0 aliphatic carbocycles. The van der Waals surface area contributed by atoms with Crippen molar-refractivity contribution < 1.29 is 14.3 Å². The third-order valence-electron chi connectivity index (χ3n) is 6.63. The van der Waals surface area contributed by atoms with Gasteiger partial charge < -0.3 is 9.47 Å². The van der Waals surface area contributed by atoms with Gasteiger partial charge in [0.2, 0.25) is 0 Å². The first-order chi connectivity index (χ1) is 17.2. The lowest BCUT2D eigenvalue weighted by atomic mass is 9.85. The van der Waals surface area contributed by atoms with Crippen molar-refractivity contribution in [1.82, 2.24) is 9.88 Å². The van der Waals surface area contributed by atoms with Crippen molar-refractivity contribution in [3.63, 3.8) is 0 Å². The molecule has 2 heterocycles. The van der Waals surface area contributed by atoms with Gasteiger partial charge in [-0.15, -0.1) is 0 Å². The molecule has 1 aliphatic heterocycles. The number of aromatic nitrogens is 1. The maximum Gasteiger partial charge on any atom is 0.323 e. The first-order valence-corrected chi connectivity index (χ1v) is 13.1. The summed E-state index contributed by atoms with van der Waals surface area (Å²) in [6.07, 6.45) is 2.72. The van der Waals surface area contributed by atoms with Crippen LogP contribution in [0.3, 0.4) is 0 Å². The fourth-order valence-corrected chi connectivity index (χ4v) is 5.62. The lowest BCUT2D eigenvalue weighted by Gasteiger charge is -2.38. The molecule has 1 saturated heterocycles. The third kappa shape index (κ3) is 5.72. The van der Waals surface area contributed by atoms with Crippen molar-refractivity contribution in [2.75, 3.05) is 19.7 Å². The number of fused-ring (bicyclic) bond motifs is 1. The van der Waals surface area contributed by atoms with Crippen molar-refractivity contribution in [3.05, 3.63) is 90.0 Å². The summed E-state index contributed by atoms with van der Waals surface area (Å²) in [6.45, 7) is 4.00. The predicted molar refractivity (Wildman–Crippen MR) is 140 cm³/mol. The Morgan fingerprint density at radius 2 is 1.80 bits per heavy atom. The Labute approximate surface area is 210 Å². The summed E-state index contributed by atoms with van der Waals surface area (Å²) >= 11 is 1.55. The Balaban J connectivity index is 1.20. The van der Waals surface area contributed by atoms with Gasteiger partial charge in [0.05, 0.1) is 16.8 Å². The molecule has 1 aromatic heterocycles. The molecule has 6 heteroatoms. The van der Waals surface area contributed by atoms with E-state index in [-0.39, 0.29) is 12.0 Å². The highest BCUT2D eigenvalue weighted by Crippen LogP contribution is 2.33. The Morgan fingerprint density at radius 3 is 2.57 bits per heavy atom. The van der Waals surface area contributed by atoms with Gasteiger partial charge in [-0.1, -0.05) is 65.9 Å². The van der Waals surface area contributed by atoms with Crippen LogP contribution in [0.1, 0.15) is 36.8 Å². The van der Waals surface area contributed by atoms with Gasteiger partial charge in [0.1, 0.15) is 11.8 Å². The Kier molecular flexibility index (Phi) is 7.40. The normalized spacial score (nSPS) is 18.4. The highest BCUT2D eigenvalue weighted by atomic mass is 32.1. The minimum Gasteiger partial charge on any atom is -0.465 e. The average molecular weight is 487 g/mol. The summed E-state index contributed by atoms with van der Waals surface area (Å²) in [7, 11) is 0. The van der Waals surface area contributed by atoms with E-state index < -0.39 is 0 Å². The first kappa shape index (κ1) is 23.5. The second-order valence-electron chi connectivity index (χ2n) is 8.88. The molecular formula is C29H30N2O3S. The standard InChI is InChI=1S/C29H30N2O3S/c1-2-33-28(32)26-20-23(22-8-4-3-5-9-22)17-19-31(26)18-16-21-12-14-24(15-13-21)34-29-30-25-10-6-7-11-27(25)35-29/h3-15,23,26H,2,16-20H2,1H3. The fraction of sp³-hybridized carbons (Fsp3) is 0.310. The van der Waals surface area contributed by atoms with Crippen molar-refractivity contribution in [1.29, 1.82) is 0 Å². The van der Waals surface area contributed by atoms with Gasteiger partial charge in [-0.2, -0.15) is 0 Å². The van der Waals surface area contributed by atoms with Crippen LogP contribution in [-0.4, -0.2) is 41.6 Å². The molecule has 0 spiro atoms. The molecule has 0 bridgehead atoms. The number of rotatable bonds is 8. The van der Waals surface area contributed by atoms with Crippen LogP contribution < -0.4 is 4.74 Å². The van der Waals surface area contributed by atoms with E-state index in [1.807, 2.05) is 43.3 Å². The zero-order chi connectivity index (χ0) is 24.0. The maximum absolute atomic E-state index is 12.8. The third-order valence-corrected chi connectivity index (χ3v) is 7.55. The summed E-state index contributed by atoms with van der Waals surface area (Å²) in [5.74, 6) is 1.06. The number of ether oxygens (including phenoxy) is 2. The van der Waals surface area contributed by atoms with Crippen molar-refractivity contribution >= 4 is 27.5 Å². The molecule has 35 heavy (non-hydrogen) atoms. The van der Waals surface area contributed by atoms with Crippen LogP contribution in [0.25, 0.3) is 10.2 Å². The molecule has 1 aliphatic rings. The van der Waals surface area contributed by atoms with Gasteiger partial charge >= 0.3 is 5.97 Å². The molecule has 0 amide bonds. The topological polar surface area (TPSA) is 51.7 Å². The number of benzene rings is 3. The summed E-state index contributed by atoms with van der Waals surface area (Å²) in [4.78, 5) is 19.6. The molecule has 5 rings (SSSR count). The van der Waals surface area contributed by atoms with Crippen molar-refractivity contribution in [2.45, 2.75) is 38.1 Å². The summed E-state index contributed by atoms with van der Waals surface area (Å²) in [5.41, 5.74) is 3.48. The summed E-state index contributed by atoms with van der Waals surface area (Å²) in [5, 5.41) is 0.650. The SMILES string of the molecule is CCOC(=O)C1CC(c2ccccc2)CCN1CCc1ccc(Oc2nc3ccccc3s2)cc1. The second-order valence-corrected chi connectivity index (χ2v) is 9.87. The fourth-order valence-electron chi connectivity index (χ4n) is 4.79. The van der Waals surface area contributed by atoms with E-state index in [1.54, 1.807) is 11.3 Å². The number of para-hydroxylation sites is 1. The van der Waals surface area contributed by atoms with E-state index >= 15 is 0 Å². The number of nitrogens with zero attached hydrogens (tertiary/aromatic N) is 2. The average Bonchev–Trinajstić information content (AvgIpc) is 3.31. The summed E-state index contributed by atoms with van der Waals surface area (Å²) in [6, 6.07) is 26.5. The molecule has 4 aromatic rings. The minimum absolute atomic E-state index is 0.104. The smallest absolute Gasteiger partial charge is 0.323 e. The Hall–Kier alpha value is -3.22. The zero-order valence-corrected chi connectivity index (χ0v) is 20.7. The molecule has 180 valence electrons. The molecule has 1 fully saturated rings. The van der Waals surface area contributed by atoms with E-state index in [4.69, 9.17) is 9.47 Å². The van der Waals surface area contributed by atoms with E-state index in [1.165, 1.54) is 11.1 Å². The number of esters is 1. The molecule has 0 N–H and O–H groups in total. The first-order valence-electron chi connectivity index (χ1n) is 12.3. The van der Waals surface area contributed by atoms with E-state index in [0.717, 1.165) is 48.3 Å².